The largest absolute Gasteiger partial charge is 0.323 e. The van der Waals surface area contributed by atoms with Crippen molar-refractivity contribution in [1.82, 2.24) is 0 Å². The van der Waals surface area contributed by atoms with Crippen molar-refractivity contribution >= 4 is 22.4 Å². The molecule has 1 aliphatic carbocycles. The molecule has 0 heterocycles. The van der Waals surface area contributed by atoms with Crippen molar-refractivity contribution < 1.29 is 4.21 Å². The fourth-order valence-corrected chi connectivity index (χ4v) is 4.37. The van der Waals surface area contributed by atoms with Gasteiger partial charge in [-0.3, -0.25) is 4.21 Å². The van der Waals surface area contributed by atoms with Crippen molar-refractivity contribution in [2.24, 2.45) is 5.73 Å². The Morgan fingerprint density at radius 3 is 2.55 bits per heavy atom. The molecule has 0 radical (unpaired) electrons. The molecule has 0 fully saturated rings. The van der Waals surface area contributed by atoms with E-state index in [0.29, 0.717) is 5.02 Å². The van der Waals surface area contributed by atoms with E-state index < -0.39 is 10.8 Å². The van der Waals surface area contributed by atoms with Crippen molar-refractivity contribution in [2.75, 3.05) is 0 Å². The number of aryl methyl sites for hydroxylation is 1. The van der Waals surface area contributed by atoms with Crippen LogP contribution in [0.3, 0.4) is 0 Å². The van der Waals surface area contributed by atoms with Crippen LogP contribution in [0.25, 0.3) is 0 Å². The molecule has 3 rings (SSSR count). The van der Waals surface area contributed by atoms with Gasteiger partial charge >= 0.3 is 0 Å². The minimum absolute atomic E-state index is 0.0360. The van der Waals surface area contributed by atoms with Crippen LogP contribution in [-0.4, -0.2) is 9.46 Å². The second-order valence-electron chi connectivity index (χ2n) is 5.05. The van der Waals surface area contributed by atoms with Gasteiger partial charge in [-0.15, -0.1) is 0 Å². The van der Waals surface area contributed by atoms with Gasteiger partial charge in [0.25, 0.3) is 0 Å². The zero-order valence-electron chi connectivity index (χ0n) is 11.0. The number of rotatable bonds is 2. The molecular weight excluding hydrogens is 290 g/mol. The third-order valence-corrected chi connectivity index (χ3v) is 5.90. The van der Waals surface area contributed by atoms with Crippen LogP contribution < -0.4 is 5.73 Å². The molecule has 3 unspecified atom stereocenters. The van der Waals surface area contributed by atoms with Crippen molar-refractivity contribution in [3.63, 3.8) is 0 Å². The highest BCUT2D eigenvalue weighted by atomic mass is 35.5. The first-order valence-corrected chi connectivity index (χ1v) is 8.25. The molecular formula is C16H16ClNOS. The van der Waals surface area contributed by atoms with Gasteiger partial charge in [-0.1, -0.05) is 35.9 Å². The maximum Gasteiger partial charge on any atom is 0.0590 e. The summed E-state index contributed by atoms with van der Waals surface area (Å²) in [7, 11) is -1.10. The van der Waals surface area contributed by atoms with Crippen LogP contribution in [0.1, 0.15) is 23.6 Å². The van der Waals surface area contributed by atoms with Crippen LogP contribution in [0.15, 0.2) is 53.4 Å². The summed E-state index contributed by atoms with van der Waals surface area (Å²) in [4.78, 5) is 0.800. The van der Waals surface area contributed by atoms with E-state index in [4.69, 9.17) is 17.3 Å². The minimum atomic E-state index is -1.10. The molecule has 0 saturated carbocycles. The Balaban J connectivity index is 1.89. The lowest BCUT2D eigenvalue weighted by Gasteiger charge is -2.30. The van der Waals surface area contributed by atoms with Crippen molar-refractivity contribution in [2.45, 2.75) is 29.0 Å². The highest BCUT2D eigenvalue weighted by molar-refractivity contribution is 7.85. The normalized spacial score (nSPS) is 23.1. The van der Waals surface area contributed by atoms with Crippen molar-refractivity contribution in [1.29, 1.82) is 0 Å². The van der Waals surface area contributed by atoms with E-state index in [1.807, 2.05) is 30.3 Å². The van der Waals surface area contributed by atoms with E-state index in [1.165, 1.54) is 5.56 Å². The Kier molecular flexibility index (Phi) is 3.92. The van der Waals surface area contributed by atoms with Gasteiger partial charge in [0.05, 0.1) is 16.0 Å². The van der Waals surface area contributed by atoms with Gasteiger partial charge in [-0.05, 0) is 48.2 Å². The van der Waals surface area contributed by atoms with Gasteiger partial charge in [0.15, 0.2) is 0 Å². The summed E-state index contributed by atoms with van der Waals surface area (Å²) in [6.07, 6.45) is 1.79. The number of benzene rings is 2. The van der Waals surface area contributed by atoms with E-state index in [2.05, 4.69) is 6.07 Å². The summed E-state index contributed by atoms with van der Waals surface area (Å²) in [6, 6.07) is 15.2. The van der Waals surface area contributed by atoms with E-state index >= 15 is 0 Å². The Hall–Kier alpha value is -1.16. The summed E-state index contributed by atoms with van der Waals surface area (Å²) in [5, 5.41) is 0.620. The third kappa shape index (κ3) is 2.53. The summed E-state index contributed by atoms with van der Waals surface area (Å²) in [6.45, 7) is 0. The molecule has 0 aromatic heterocycles. The Morgan fingerprint density at radius 2 is 1.80 bits per heavy atom. The molecule has 0 spiro atoms. The lowest BCUT2D eigenvalue weighted by Crippen LogP contribution is -2.34. The molecule has 2 aromatic carbocycles. The average molecular weight is 306 g/mol. The Morgan fingerprint density at radius 1 is 1.10 bits per heavy atom. The third-order valence-electron chi connectivity index (χ3n) is 3.83. The predicted octanol–water partition coefficient (Wildman–Crippen LogP) is 3.46. The van der Waals surface area contributed by atoms with Crippen molar-refractivity contribution in [3.05, 3.63) is 64.7 Å². The van der Waals surface area contributed by atoms with Gasteiger partial charge in [-0.2, -0.15) is 0 Å². The maximum atomic E-state index is 12.7. The van der Waals surface area contributed by atoms with E-state index in [-0.39, 0.29) is 11.3 Å². The lowest BCUT2D eigenvalue weighted by atomic mass is 9.88. The van der Waals surface area contributed by atoms with E-state index in [0.717, 1.165) is 23.3 Å². The first-order chi connectivity index (χ1) is 9.66. The van der Waals surface area contributed by atoms with Gasteiger partial charge in [-0.25, -0.2) is 0 Å². The minimum Gasteiger partial charge on any atom is -0.323 e. The van der Waals surface area contributed by atoms with Crippen LogP contribution >= 0.6 is 11.6 Å². The van der Waals surface area contributed by atoms with Crippen LogP contribution in [-0.2, 0) is 17.2 Å². The number of fused-ring (bicyclic) bond motifs is 1. The molecule has 2 aromatic rings. The zero-order chi connectivity index (χ0) is 14.1. The zero-order valence-corrected chi connectivity index (χ0v) is 12.5. The molecule has 0 amide bonds. The molecule has 104 valence electrons. The first kappa shape index (κ1) is 13.8. The summed E-state index contributed by atoms with van der Waals surface area (Å²) >= 11 is 5.87. The van der Waals surface area contributed by atoms with Gasteiger partial charge < -0.3 is 5.73 Å². The number of nitrogens with two attached hydrogens (primary N) is 1. The molecule has 0 aliphatic heterocycles. The highest BCUT2D eigenvalue weighted by Crippen LogP contribution is 2.33. The average Bonchev–Trinajstić information content (AvgIpc) is 2.48. The van der Waals surface area contributed by atoms with Crippen molar-refractivity contribution in [3.8, 4) is 0 Å². The highest BCUT2D eigenvalue weighted by Gasteiger charge is 2.31. The molecule has 0 bridgehead atoms. The van der Waals surface area contributed by atoms with Crippen LogP contribution in [0, 0.1) is 0 Å². The van der Waals surface area contributed by atoms with Crippen LogP contribution in [0.5, 0.6) is 0 Å². The molecule has 2 N–H and O–H groups in total. The molecule has 1 aliphatic rings. The predicted molar refractivity (Wildman–Crippen MR) is 83.3 cm³/mol. The maximum absolute atomic E-state index is 12.7. The summed E-state index contributed by atoms with van der Waals surface area (Å²) in [5.41, 5.74) is 8.75. The Bertz CT molecular complexity index is 641. The molecule has 20 heavy (non-hydrogen) atoms. The molecule has 2 nitrogen and oxygen atoms in total. The topological polar surface area (TPSA) is 43.1 Å². The van der Waals surface area contributed by atoms with E-state index in [9.17, 15) is 4.21 Å². The quantitative estimate of drug-likeness (QED) is 0.923. The fourth-order valence-electron chi connectivity index (χ4n) is 2.75. The van der Waals surface area contributed by atoms with Gasteiger partial charge in [0, 0.05) is 16.0 Å². The summed E-state index contributed by atoms with van der Waals surface area (Å²) in [5.74, 6) is 0. The SMILES string of the molecule is NC1c2ccccc2CCC1S(=O)c1ccc(Cl)cc1. The first-order valence-electron chi connectivity index (χ1n) is 6.66. The van der Waals surface area contributed by atoms with Crippen LogP contribution in [0.4, 0.5) is 0 Å². The standard InChI is InChI=1S/C16H16ClNOS/c17-12-6-8-13(9-7-12)20(19)15-10-5-11-3-1-2-4-14(11)16(15)18/h1-4,6-9,15-16H,5,10,18H2. The fraction of sp³-hybridized carbons (Fsp3) is 0.250. The summed E-state index contributed by atoms with van der Waals surface area (Å²) < 4.78 is 12.7. The van der Waals surface area contributed by atoms with Crippen LogP contribution in [0.2, 0.25) is 5.02 Å². The molecule has 0 saturated heterocycles. The van der Waals surface area contributed by atoms with E-state index in [1.54, 1.807) is 12.1 Å². The smallest absolute Gasteiger partial charge is 0.0590 e. The molecule has 3 atom stereocenters. The van der Waals surface area contributed by atoms with Gasteiger partial charge in [0.2, 0.25) is 0 Å². The number of halogens is 1. The number of hydrogen-bond acceptors (Lipinski definition) is 2. The number of hydrogen-bond donors (Lipinski definition) is 1. The molecule has 4 heteroatoms. The second kappa shape index (κ2) is 5.68. The second-order valence-corrected chi connectivity index (χ2v) is 7.16. The van der Waals surface area contributed by atoms with Gasteiger partial charge in [0.1, 0.15) is 0 Å². The monoisotopic (exact) mass is 305 g/mol. The Labute approximate surface area is 126 Å². The lowest BCUT2D eigenvalue weighted by molar-refractivity contribution is 0.563.